The Labute approximate surface area is 98.9 Å². The van der Waals surface area contributed by atoms with Gasteiger partial charge < -0.3 is 15.5 Å². The Morgan fingerprint density at radius 2 is 2.38 bits per heavy atom. The second-order valence-corrected chi connectivity index (χ2v) is 4.64. The van der Waals surface area contributed by atoms with Crippen LogP contribution >= 0.6 is 11.3 Å². The van der Waals surface area contributed by atoms with Crippen molar-refractivity contribution in [1.29, 1.82) is 0 Å². The Morgan fingerprint density at radius 1 is 1.62 bits per heavy atom. The van der Waals surface area contributed by atoms with Crippen molar-refractivity contribution in [3.63, 3.8) is 0 Å². The summed E-state index contributed by atoms with van der Waals surface area (Å²) in [5, 5.41) is 22.6. The fourth-order valence-corrected chi connectivity index (χ4v) is 2.21. The Bertz CT molecular complexity index is 338. The highest BCUT2D eigenvalue weighted by Crippen LogP contribution is 2.16. The van der Waals surface area contributed by atoms with Crippen LogP contribution in [0.1, 0.15) is 35.0 Å². The minimum atomic E-state index is -0.866. The highest BCUT2D eigenvalue weighted by Gasteiger charge is 2.11. The maximum absolute atomic E-state index is 10.8. The van der Waals surface area contributed by atoms with E-state index in [9.17, 15) is 4.79 Å². The van der Waals surface area contributed by atoms with Crippen molar-refractivity contribution in [3.8, 4) is 0 Å². The van der Waals surface area contributed by atoms with E-state index in [4.69, 9.17) is 10.2 Å². The molecular weight excluding hydrogens is 226 g/mol. The molecule has 0 aliphatic heterocycles. The summed E-state index contributed by atoms with van der Waals surface area (Å²) in [6.45, 7) is 2.80. The lowest BCUT2D eigenvalue weighted by Gasteiger charge is -2.12. The molecule has 0 radical (unpaired) electrons. The van der Waals surface area contributed by atoms with E-state index in [1.165, 1.54) is 11.3 Å². The van der Waals surface area contributed by atoms with Gasteiger partial charge in [0.2, 0.25) is 0 Å². The molecule has 0 saturated carbocycles. The zero-order chi connectivity index (χ0) is 12.0. The topological polar surface area (TPSA) is 69.6 Å². The molecule has 1 aromatic heterocycles. The third kappa shape index (κ3) is 3.92. The molecule has 0 aromatic carbocycles. The summed E-state index contributed by atoms with van der Waals surface area (Å²) in [6, 6.07) is 2.12. The Kier molecular flexibility index (Phi) is 5.45. The molecule has 0 saturated heterocycles. The third-order valence-corrected chi connectivity index (χ3v) is 3.32. The fourth-order valence-electron chi connectivity index (χ4n) is 1.45. The first-order valence-corrected chi connectivity index (χ1v) is 6.17. The Hall–Kier alpha value is -0.910. The number of aromatic carboxylic acids is 1. The van der Waals surface area contributed by atoms with Gasteiger partial charge in [-0.1, -0.05) is 0 Å². The molecule has 1 unspecified atom stereocenters. The molecule has 0 spiro atoms. The fraction of sp³-hybridized carbons (Fsp3) is 0.545. The normalized spacial score (nSPS) is 12.6. The number of carbonyl (C=O) groups is 1. The number of hydrogen-bond acceptors (Lipinski definition) is 4. The maximum Gasteiger partial charge on any atom is 0.346 e. The van der Waals surface area contributed by atoms with E-state index in [-0.39, 0.29) is 12.6 Å². The highest BCUT2D eigenvalue weighted by atomic mass is 32.1. The average molecular weight is 243 g/mol. The smallest absolute Gasteiger partial charge is 0.346 e. The number of aliphatic hydroxyl groups excluding tert-OH is 1. The van der Waals surface area contributed by atoms with Crippen molar-refractivity contribution in [2.75, 3.05) is 6.61 Å². The van der Waals surface area contributed by atoms with Crippen LogP contribution in [0.2, 0.25) is 0 Å². The van der Waals surface area contributed by atoms with Crippen molar-refractivity contribution in [2.45, 2.75) is 32.4 Å². The number of aliphatic hydroxyl groups is 1. The van der Waals surface area contributed by atoms with Gasteiger partial charge in [-0.3, -0.25) is 0 Å². The maximum atomic E-state index is 10.8. The molecule has 5 heteroatoms. The molecule has 0 aliphatic carbocycles. The predicted molar refractivity (Wildman–Crippen MR) is 63.9 cm³/mol. The summed E-state index contributed by atoms with van der Waals surface area (Å²) in [7, 11) is 0. The van der Waals surface area contributed by atoms with E-state index in [1.54, 1.807) is 5.38 Å². The number of carboxylic acid groups (broad SMARTS) is 1. The van der Waals surface area contributed by atoms with E-state index in [2.05, 4.69) is 5.32 Å². The van der Waals surface area contributed by atoms with Crippen LogP contribution in [0.25, 0.3) is 0 Å². The SMILES string of the molecule is CC(CCCO)NCc1ccsc1C(=O)O. The van der Waals surface area contributed by atoms with E-state index in [0.29, 0.717) is 11.4 Å². The number of hydrogen-bond donors (Lipinski definition) is 3. The lowest BCUT2D eigenvalue weighted by molar-refractivity contribution is 0.0701. The van der Waals surface area contributed by atoms with Crippen molar-refractivity contribution in [2.24, 2.45) is 0 Å². The summed E-state index contributed by atoms with van der Waals surface area (Å²) < 4.78 is 0. The molecule has 0 amide bonds. The molecule has 90 valence electrons. The highest BCUT2D eigenvalue weighted by molar-refractivity contribution is 7.12. The van der Waals surface area contributed by atoms with Gasteiger partial charge in [-0.15, -0.1) is 11.3 Å². The molecule has 1 heterocycles. The van der Waals surface area contributed by atoms with Crippen molar-refractivity contribution in [1.82, 2.24) is 5.32 Å². The minimum absolute atomic E-state index is 0.199. The molecular formula is C11H17NO3S. The molecule has 0 bridgehead atoms. The van der Waals surface area contributed by atoms with Gasteiger partial charge in [0, 0.05) is 19.2 Å². The molecule has 0 aliphatic rings. The summed E-state index contributed by atoms with van der Waals surface area (Å²) in [4.78, 5) is 11.3. The van der Waals surface area contributed by atoms with E-state index < -0.39 is 5.97 Å². The van der Waals surface area contributed by atoms with Gasteiger partial charge in [-0.05, 0) is 36.8 Å². The third-order valence-electron chi connectivity index (χ3n) is 2.38. The van der Waals surface area contributed by atoms with Gasteiger partial charge >= 0.3 is 5.97 Å². The van der Waals surface area contributed by atoms with Crippen molar-refractivity contribution in [3.05, 3.63) is 21.9 Å². The largest absolute Gasteiger partial charge is 0.477 e. The van der Waals surface area contributed by atoms with E-state index in [1.807, 2.05) is 13.0 Å². The Balaban J connectivity index is 2.42. The van der Waals surface area contributed by atoms with E-state index in [0.717, 1.165) is 18.4 Å². The van der Waals surface area contributed by atoms with Crippen LogP contribution in [0.3, 0.4) is 0 Å². The van der Waals surface area contributed by atoms with Gasteiger partial charge in [0.1, 0.15) is 4.88 Å². The molecule has 3 N–H and O–H groups in total. The standard InChI is InChI=1S/C11H17NO3S/c1-8(3-2-5-13)12-7-9-4-6-16-10(9)11(14)15/h4,6,8,12-13H,2-3,5,7H2,1H3,(H,14,15). The monoisotopic (exact) mass is 243 g/mol. The first-order valence-electron chi connectivity index (χ1n) is 5.29. The molecule has 1 aromatic rings. The van der Waals surface area contributed by atoms with Crippen LogP contribution < -0.4 is 5.32 Å². The van der Waals surface area contributed by atoms with Crippen LogP contribution in [0.15, 0.2) is 11.4 Å². The molecule has 4 nitrogen and oxygen atoms in total. The minimum Gasteiger partial charge on any atom is -0.477 e. The molecule has 1 rings (SSSR count). The number of rotatable bonds is 7. The van der Waals surface area contributed by atoms with Gasteiger partial charge in [0.05, 0.1) is 0 Å². The molecule has 0 fully saturated rings. The second kappa shape index (κ2) is 6.62. The first-order chi connectivity index (χ1) is 7.65. The number of thiophene rings is 1. The average Bonchev–Trinajstić information content (AvgIpc) is 2.71. The van der Waals surface area contributed by atoms with Crippen LogP contribution in [-0.4, -0.2) is 28.8 Å². The second-order valence-electron chi connectivity index (χ2n) is 3.73. The summed E-state index contributed by atoms with van der Waals surface area (Å²) in [5.41, 5.74) is 0.827. The summed E-state index contributed by atoms with van der Waals surface area (Å²) >= 11 is 1.25. The summed E-state index contributed by atoms with van der Waals surface area (Å²) in [5.74, 6) is -0.866. The zero-order valence-corrected chi connectivity index (χ0v) is 10.1. The lowest BCUT2D eigenvalue weighted by atomic mass is 10.1. The van der Waals surface area contributed by atoms with Gasteiger partial charge in [0.25, 0.3) is 0 Å². The van der Waals surface area contributed by atoms with Crippen molar-refractivity contribution >= 4 is 17.3 Å². The summed E-state index contributed by atoms with van der Waals surface area (Å²) in [6.07, 6.45) is 1.66. The van der Waals surface area contributed by atoms with E-state index >= 15 is 0 Å². The number of nitrogens with one attached hydrogen (secondary N) is 1. The predicted octanol–water partition coefficient (Wildman–Crippen LogP) is 1.70. The van der Waals surface area contributed by atoms with Crippen LogP contribution in [-0.2, 0) is 6.54 Å². The molecule has 16 heavy (non-hydrogen) atoms. The first kappa shape index (κ1) is 13.2. The quantitative estimate of drug-likeness (QED) is 0.681. The lowest BCUT2D eigenvalue weighted by Crippen LogP contribution is -2.26. The van der Waals surface area contributed by atoms with Gasteiger partial charge in [0.15, 0.2) is 0 Å². The van der Waals surface area contributed by atoms with Gasteiger partial charge in [-0.25, -0.2) is 4.79 Å². The van der Waals surface area contributed by atoms with Gasteiger partial charge in [-0.2, -0.15) is 0 Å². The van der Waals surface area contributed by atoms with Crippen LogP contribution in [0, 0.1) is 0 Å². The van der Waals surface area contributed by atoms with Crippen molar-refractivity contribution < 1.29 is 15.0 Å². The van der Waals surface area contributed by atoms with Crippen LogP contribution in [0.4, 0.5) is 0 Å². The molecule has 1 atom stereocenters. The Morgan fingerprint density at radius 3 is 3.00 bits per heavy atom. The van der Waals surface area contributed by atoms with Crippen LogP contribution in [0.5, 0.6) is 0 Å². The number of carboxylic acids is 1. The zero-order valence-electron chi connectivity index (χ0n) is 9.27.